The Morgan fingerprint density at radius 3 is 2.89 bits per heavy atom. The summed E-state index contributed by atoms with van der Waals surface area (Å²) < 4.78 is 0. The van der Waals surface area contributed by atoms with Gasteiger partial charge in [0.15, 0.2) is 0 Å². The Labute approximate surface area is 216 Å². The lowest BCUT2D eigenvalue weighted by atomic mass is 10.1. The first-order chi connectivity index (χ1) is 16.9. The Bertz CT molecular complexity index is 1260. The highest BCUT2D eigenvalue weighted by atomic mass is 35.5. The number of pyridine rings is 1. The van der Waals surface area contributed by atoms with Crippen LogP contribution in [0.5, 0.6) is 0 Å². The Hall–Kier alpha value is -2.65. The quantitative estimate of drug-likeness (QED) is 0.464. The lowest BCUT2D eigenvalue weighted by Gasteiger charge is -2.20. The number of anilines is 3. The van der Waals surface area contributed by atoms with Crippen molar-refractivity contribution in [3.8, 4) is 11.3 Å². The molecule has 2 aliphatic heterocycles. The van der Waals surface area contributed by atoms with Crippen LogP contribution in [-0.2, 0) is 12.8 Å². The van der Waals surface area contributed by atoms with Crippen LogP contribution in [0.4, 0.5) is 17.3 Å². The second-order valence-corrected chi connectivity index (χ2v) is 10.5. The number of nitrogens with zero attached hydrogens (tertiary/aromatic N) is 5. The van der Waals surface area contributed by atoms with E-state index in [1.807, 2.05) is 37.5 Å². The molecule has 0 saturated carbocycles. The van der Waals surface area contributed by atoms with Gasteiger partial charge in [0.05, 0.1) is 22.1 Å². The minimum atomic E-state index is 0.535. The highest BCUT2D eigenvalue weighted by molar-refractivity contribution is 7.80. The van der Waals surface area contributed by atoms with Crippen molar-refractivity contribution < 1.29 is 0 Å². The molecule has 1 aromatic carbocycles. The number of benzene rings is 1. The van der Waals surface area contributed by atoms with E-state index >= 15 is 0 Å². The summed E-state index contributed by atoms with van der Waals surface area (Å²) in [6.07, 6.45) is 6.61. The van der Waals surface area contributed by atoms with E-state index in [0.717, 1.165) is 64.9 Å². The molecule has 0 radical (unpaired) electrons. The van der Waals surface area contributed by atoms with Crippen LogP contribution in [0, 0.1) is 6.92 Å². The summed E-state index contributed by atoms with van der Waals surface area (Å²) in [5.41, 5.74) is 6.71. The maximum absolute atomic E-state index is 6.22. The molecule has 1 unspecified atom stereocenters. The number of hydrogen-bond acceptors (Lipinski definition) is 7. The summed E-state index contributed by atoms with van der Waals surface area (Å²) in [5, 5.41) is 7.34. The molecule has 1 atom stereocenters. The molecule has 5 rings (SSSR count). The molecule has 4 heterocycles. The zero-order valence-electron chi connectivity index (χ0n) is 20.3. The van der Waals surface area contributed by atoms with E-state index in [0.29, 0.717) is 23.4 Å². The minimum absolute atomic E-state index is 0.535. The molecular formula is C26H30ClN7S. The van der Waals surface area contributed by atoms with E-state index < -0.39 is 0 Å². The molecule has 7 nitrogen and oxygen atoms in total. The molecule has 1 fully saturated rings. The largest absolute Gasteiger partial charge is 0.349 e. The monoisotopic (exact) mass is 507 g/mol. The van der Waals surface area contributed by atoms with Crippen molar-refractivity contribution >= 4 is 46.1 Å². The standard InChI is InChI=1S/C26H30ClN7S/c1-16-22(10-17(13-28-16)6-8-34-9-7-20(15-34)33(2)3)31-26-29-14-18-11-24(35)30-23-12-19(27)4-5-21(23)25(18)32-26/h4-5,10,12-14,20H,6-9,11,15H2,1-3H3,(H,30,35)(H,29,31,32). The number of rotatable bonds is 6. The Morgan fingerprint density at radius 2 is 2.09 bits per heavy atom. The molecule has 182 valence electrons. The number of likely N-dealkylation sites (N-methyl/N-ethyl adjacent to an activating group) is 1. The molecule has 0 aliphatic carbocycles. The fraction of sp³-hybridized carbons (Fsp3) is 0.385. The molecule has 1 saturated heterocycles. The van der Waals surface area contributed by atoms with Gasteiger partial charge in [0.25, 0.3) is 0 Å². The van der Waals surface area contributed by atoms with Crippen LogP contribution in [-0.4, -0.2) is 69.5 Å². The Balaban J connectivity index is 1.35. The van der Waals surface area contributed by atoms with Crippen molar-refractivity contribution in [1.82, 2.24) is 24.8 Å². The average molecular weight is 508 g/mol. The third-order valence-electron chi connectivity index (χ3n) is 6.81. The third kappa shape index (κ3) is 5.46. The first kappa shape index (κ1) is 24.1. The second-order valence-electron chi connectivity index (χ2n) is 9.54. The van der Waals surface area contributed by atoms with Gasteiger partial charge in [-0.15, -0.1) is 0 Å². The number of aryl methyl sites for hydroxylation is 1. The highest BCUT2D eigenvalue weighted by Gasteiger charge is 2.23. The van der Waals surface area contributed by atoms with Crippen molar-refractivity contribution in [1.29, 1.82) is 0 Å². The normalized spacial score (nSPS) is 17.6. The predicted octanol–water partition coefficient (Wildman–Crippen LogP) is 4.72. The fourth-order valence-electron chi connectivity index (χ4n) is 4.71. The van der Waals surface area contributed by atoms with Gasteiger partial charge in [-0.3, -0.25) is 4.98 Å². The fourth-order valence-corrected chi connectivity index (χ4v) is 5.14. The summed E-state index contributed by atoms with van der Waals surface area (Å²) in [4.78, 5) is 19.7. The van der Waals surface area contributed by atoms with Crippen LogP contribution in [0.1, 0.15) is 23.2 Å². The Kier molecular flexibility index (Phi) is 6.98. The lowest BCUT2D eigenvalue weighted by Crippen LogP contribution is -2.32. The zero-order chi connectivity index (χ0) is 24.5. The Morgan fingerprint density at radius 1 is 1.23 bits per heavy atom. The number of hydrogen-bond donors (Lipinski definition) is 2. The predicted molar refractivity (Wildman–Crippen MR) is 147 cm³/mol. The summed E-state index contributed by atoms with van der Waals surface area (Å²) in [5.74, 6) is 0.535. The molecular weight excluding hydrogens is 478 g/mol. The van der Waals surface area contributed by atoms with Crippen molar-refractivity contribution in [2.45, 2.75) is 32.2 Å². The van der Waals surface area contributed by atoms with E-state index in [1.54, 1.807) is 0 Å². The van der Waals surface area contributed by atoms with Crippen molar-refractivity contribution in [3.63, 3.8) is 0 Å². The van der Waals surface area contributed by atoms with Crippen LogP contribution in [0.25, 0.3) is 11.3 Å². The van der Waals surface area contributed by atoms with Gasteiger partial charge >= 0.3 is 0 Å². The van der Waals surface area contributed by atoms with E-state index in [-0.39, 0.29) is 0 Å². The average Bonchev–Trinajstić information content (AvgIpc) is 3.25. The molecule has 2 N–H and O–H groups in total. The second kappa shape index (κ2) is 10.1. The summed E-state index contributed by atoms with van der Waals surface area (Å²) >= 11 is 11.7. The maximum Gasteiger partial charge on any atom is 0.227 e. The number of halogens is 1. The summed E-state index contributed by atoms with van der Waals surface area (Å²) in [6, 6.07) is 8.54. The van der Waals surface area contributed by atoms with Gasteiger partial charge < -0.3 is 20.4 Å². The van der Waals surface area contributed by atoms with Crippen LogP contribution in [0.2, 0.25) is 5.02 Å². The van der Waals surface area contributed by atoms with Crippen LogP contribution in [0.15, 0.2) is 36.7 Å². The van der Waals surface area contributed by atoms with E-state index in [1.165, 1.54) is 12.0 Å². The van der Waals surface area contributed by atoms with Crippen molar-refractivity contribution in [3.05, 3.63) is 58.5 Å². The van der Waals surface area contributed by atoms with Crippen LogP contribution < -0.4 is 10.6 Å². The van der Waals surface area contributed by atoms with Gasteiger partial charge in [0, 0.05) is 59.8 Å². The van der Waals surface area contributed by atoms with Gasteiger partial charge in [-0.2, -0.15) is 0 Å². The topological polar surface area (TPSA) is 69.2 Å². The van der Waals surface area contributed by atoms with Gasteiger partial charge in [-0.05, 0) is 70.2 Å². The van der Waals surface area contributed by atoms with Gasteiger partial charge in [0.2, 0.25) is 5.95 Å². The number of likely N-dealkylation sites (tertiary alicyclic amines) is 1. The SMILES string of the molecule is Cc1ncc(CCN2CCC(N(C)C)C2)cc1Nc1ncc2c(n1)-c1ccc(Cl)cc1NC(=S)C2. The molecule has 0 spiro atoms. The molecule has 2 aliphatic rings. The molecule has 0 amide bonds. The van der Waals surface area contributed by atoms with E-state index in [9.17, 15) is 0 Å². The maximum atomic E-state index is 6.22. The van der Waals surface area contributed by atoms with Gasteiger partial charge in [-0.25, -0.2) is 9.97 Å². The van der Waals surface area contributed by atoms with Crippen LogP contribution >= 0.6 is 23.8 Å². The van der Waals surface area contributed by atoms with E-state index in [2.05, 4.69) is 50.6 Å². The molecule has 0 bridgehead atoms. The van der Waals surface area contributed by atoms with Crippen molar-refractivity contribution in [2.24, 2.45) is 0 Å². The first-order valence-electron chi connectivity index (χ1n) is 11.9. The van der Waals surface area contributed by atoms with Gasteiger partial charge in [0.1, 0.15) is 0 Å². The summed E-state index contributed by atoms with van der Waals surface area (Å²) in [7, 11) is 4.33. The smallest absolute Gasteiger partial charge is 0.227 e. The van der Waals surface area contributed by atoms with Crippen molar-refractivity contribution in [2.75, 3.05) is 44.4 Å². The zero-order valence-corrected chi connectivity index (χ0v) is 21.9. The number of nitrogens with one attached hydrogen (secondary N) is 2. The van der Waals surface area contributed by atoms with Gasteiger partial charge in [-0.1, -0.05) is 23.8 Å². The molecule has 35 heavy (non-hydrogen) atoms. The van der Waals surface area contributed by atoms with Crippen LogP contribution in [0.3, 0.4) is 0 Å². The number of aromatic nitrogens is 3. The van der Waals surface area contributed by atoms with E-state index in [4.69, 9.17) is 28.8 Å². The summed E-state index contributed by atoms with van der Waals surface area (Å²) in [6.45, 7) is 5.32. The highest BCUT2D eigenvalue weighted by Crippen LogP contribution is 2.35. The number of fused-ring (bicyclic) bond motifs is 3. The molecule has 9 heteroatoms. The minimum Gasteiger partial charge on any atom is -0.349 e. The number of thiocarbonyl (C=S) groups is 1. The first-order valence-corrected chi connectivity index (χ1v) is 12.7. The lowest BCUT2D eigenvalue weighted by molar-refractivity contribution is 0.270. The third-order valence-corrected chi connectivity index (χ3v) is 7.29. The molecule has 3 aromatic rings. The molecule has 2 aromatic heterocycles.